The summed E-state index contributed by atoms with van der Waals surface area (Å²) in [6.45, 7) is 5.66. The van der Waals surface area contributed by atoms with Crippen LogP contribution < -0.4 is 5.32 Å². The number of carbonyl (C=O) groups excluding carboxylic acids is 2. The number of hydrogen-bond donors (Lipinski definition) is 1. The van der Waals surface area contributed by atoms with Crippen molar-refractivity contribution in [3.63, 3.8) is 0 Å². The van der Waals surface area contributed by atoms with Crippen LogP contribution in [0.25, 0.3) is 0 Å². The van der Waals surface area contributed by atoms with Gasteiger partial charge in [-0.25, -0.2) is 0 Å². The van der Waals surface area contributed by atoms with E-state index in [0.29, 0.717) is 6.42 Å². The average molecular weight is 495 g/mol. The Hall–Kier alpha value is -1.41. The van der Waals surface area contributed by atoms with Crippen molar-refractivity contribution in [1.82, 2.24) is 9.80 Å². The van der Waals surface area contributed by atoms with E-state index < -0.39 is 5.54 Å². The van der Waals surface area contributed by atoms with Gasteiger partial charge in [-0.05, 0) is 87.3 Å². The van der Waals surface area contributed by atoms with Gasteiger partial charge in [0, 0.05) is 30.9 Å². The number of allylic oxidation sites excluding steroid dienone is 2. The van der Waals surface area contributed by atoms with Crippen LogP contribution in [0.5, 0.6) is 0 Å². The molecule has 0 spiro atoms. The van der Waals surface area contributed by atoms with Crippen molar-refractivity contribution in [1.29, 1.82) is 0 Å². The summed E-state index contributed by atoms with van der Waals surface area (Å²) in [6, 6.07) is 6.07. The number of para-hydroxylation sites is 1. The monoisotopic (exact) mass is 495 g/mol. The molecule has 1 heterocycles. The molecule has 0 radical (unpaired) electrons. The lowest BCUT2D eigenvalue weighted by atomic mass is 9.84. The van der Waals surface area contributed by atoms with Crippen LogP contribution in [0.3, 0.4) is 0 Å². The van der Waals surface area contributed by atoms with Crippen molar-refractivity contribution in [2.24, 2.45) is 0 Å². The Balaban J connectivity index is 1.78. The van der Waals surface area contributed by atoms with Gasteiger partial charge in [-0.1, -0.05) is 18.2 Å². The van der Waals surface area contributed by atoms with Crippen molar-refractivity contribution < 1.29 is 9.59 Å². The summed E-state index contributed by atoms with van der Waals surface area (Å²) >= 11 is 2.20. The number of likely N-dealkylation sites (tertiary alicyclic amines) is 1. The minimum atomic E-state index is -0.532. The molecule has 0 unspecified atom stereocenters. The number of amides is 1. The molecular weight excluding hydrogens is 465 g/mol. The van der Waals surface area contributed by atoms with Crippen LogP contribution in [-0.4, -0.2) is 54.2 Å². The number of aryl methyl sites for hydroxylation is 2. The van der Waals surface area contributed by atoms with Crippen LogP contribution in [0.2, 0.25) is 0 Å². The summed E-state index contributed by atoms with van der Waals surface area (Å²) in [7, 11) is 3.99. The van der Waals surface area contributed by atoms with Crippen molar-refractivity contribution >= 4 is 40.0 Å². The lowest BCUT2D eigenvalue weighted by Gasteiger charge is -2.46. The molecule has 28 heavy (non-hydrogen) atoms. The van der Waals surface area contributed by atoms with Crippen LogP contribution in [0, 0.1) is 13.8 Å². The Bertz CT molecular complexity index is 788. The molecule has 0 bridgehead atoms. The van der Waals surface area contributed by atoms with Gasteiger partial charge < -0.3 is 10.2 Å². The maximum absolute atomic E-state index is 13.4. The summed E-state index contributed by atoms with van der Waals surface area (Å²) in [6.07, 6.45) is 4.06. The molecule has 0 atom stereocenters. The van der Waals surface area contributed by atoms with Gasteiger partial charge in [-0.2, -0.15) is 0 Å². The Morgan fingerprint density at radius 1 is 1.14 bits per heavy atom. The second-order valence-corrected chi connectivity index (χ2v) is 9.25. The largest absolute Gasteiger partial charge is 0.374 e. The lowest BCUT2D eigenvalue weighted by molar-refractivity contribution is -0.129. The quantitative estimate of drug-likeness (QED) is 0.641. The van der Waals surface area contributed by atoms with Gasteiger partial charge in [0.15, 0.2) is 5.78 Å². The van der Waals surface area contributed by atoms with E-state index >= 15 is 0 Å². The zero-order chi connectivity index (χ0) is 20.5. The van der Waals surface area contributed by atoms with E-state index in [1.54, 1.807) is 0 Å². The van der Waals surface area contributed by atoms with Crippen LogP contribution in [0.15, 0.2) is 27.5 Å². The van der Waals surface area contributed by atoms with E-state index in [-0.39, 0.29) is 11.7 Å². The predicted molar refractivity (Wildman–Crippen MR) is 122 cm³/mol. The van der Waals surface area contributed by atoms with Crippen LogP contribution in [0.1, 0.15) is 43.2 Å². The fourth-order valence-electron chi connectivity index (χ4n) is 4.36. The molecule has 1 aromatic rings. The predicted octanol–water partition coefficient (Wildman–Crippen LogP) is 4.04. The molecule has 2 aliphatic rings. The fourth-order valence-corrected chi connectivity index (χ4v) is 5.24. The minimum Gasteiger partial charge on any atom is -0.374 e. The number of nitrogens with one attached hydrogen (secondary N) is 1. The first-order chi connectivity index (χ1) is 13.3. The van der Waals surface area contributed by atoms with Gasteiger partial charge in [0.1, 0.15) is 5.54 Å². The third-order valence-electron chi connectivity index (χ3n) is 6.29. The molecule has 152 valence electrons. The maximum atomic E-state index is 13.4. The smallest absolute Gasteiger partial charge is 0.245 e. The summed E-state index contributed by atoms with van der Waals surface area (Å²) in [5.41, 5.74) is 3.74. The minimum absolute atomic E-state index is 0.0675. The first-order valence-corrected chi connectivity index (χ1v) is 11.1. The van der Waals surface area contributed by atoms with Gasteiger partial charge in [0.05, 0.1) is 3.58 Å². The Kier molecular flexibility index (Phi) is 6.49. The van der Waals surface area contributed by atoms with E-state index in [4.69, 9.17) is 0 Å². The zero-order valence-electron chi connectivity index (χ0n) is 17.3. The first kappa shape index (κ1) is 21.3. The van der Waals surface area contributed by atoms with Crippen molar-refractivity contribution in [3.05, 3.63) is 38.6 Å². The number of benzene rings is 1. The lowest BCUT2D eigenvalue weighted by Crippen LogP contribution is -2.59. The van der Waals surface area contributed by atoms with Crippen molar-refractivity contribution in [2.75, 3.05) is 32.5 Å². The zero-order valence-corrected chi connectivity index (χ0v) is 19.4. The van der Waals surface area contributed by atoms with E-state index in [1.165, 1.54) is 5.70 Å². The number of hydrogen-bond acceptors (Lipinski definition) is 4. The number of likely N-dealkylation sites (N-methyl/N-ethyl adjacent to an activating group) is 1. The molecule has 1 saturated heterocycles. The van der Waals surface area contributed by atoms with Crippen LogP contribution in [0.4, 0.5) is 5.69 Å². The van der Waals surface area contributed by atoms with Gasteiger partial charge >= 0.3 is 0 Å². The first-order valence-electron chi connectivity index (χ1n) is 9.98. The Labute approximate surface area is 181 Å². The SMILES string of the molecule is Cc1cccc(C)c1NC(=O)C1(N(C)C)CCN(C2=C(I)C(=O)CCC2)CC1. The highest BCUT2D eigenvalue weighted by atomic mass is 127. The summed E-state index contributed by atoms with van der Waals surface area (Å²) in [5.74, 6) is 0.331. The third kappa shape index (κ3) is 3.99. The molecule has 0 saturated carbocycles. The summed E-state index contributed by atoms with van der Waals surface area (Å²) in [4.78, 5) is 29.9. The molecule has 1 fully saturated rings. The highest BCUT2D eigenvalue weighted by Gasteiger charge is 2.44. The number of anilines is 1. The van der Waals surface area contributed by atoms with Crippen molar-refractivity contribution in [3.8, 4) is 0 Å². The molecule has 0 aromatic heterocycles. The molecule has 1 amide bonds. The number of halogens is 1. The summed E-state index contributed by atoms with van der Waals surface area (Å²) in [5, 5.41) is 3.21. The van der Waals surface area contributed by atoms with Crippen LogP contribution >= 0.6 is 22.6 Å². The molecule has 1 aliphatic carbocycles. The standard InChI is InChI=1S/C22H30IN3O2/c1-15-7-5-8-16(2)20(15)24-21(28)22(25(3)4)11-13-26(14-12-22)17-9-6-10-18(27)19(17)23/h5,7-8H,6,9-14H2,1-4H3,(H,24,28). The van der Waals surface area contributed by atoms with Gasteiger partial charge in [0.2, 0.25) is 5.91 Å². The number of nitrogens with zero attached hydrogens (tertiary/aromatic N) is 2. The number of piperidine rings is 1. The molecule has 3 rings (SSSR count). The van der Waals surface area contributed by atoms with E-state index in [0.717, 1.165) is 59.2 Å². The third-order valence-corrected chi connectivity index (χ3v) is 7.51. The topological polar surface area (TPSA) is 52.7 Å². The normalized spacial score (nSPS) is 19.9. The fraction of sp³-hybridized carbons (Fsp3) is 0.545. The highest BCUT2D eigenvalue weighted by Crippen LogP contribution is 2.35. The molecule has 5 nitrogen and oxygen atoms in total. The van der Waals surface area contributed by atoms with E-state index in [1.807, 2.05) is 46.1 Å². The Morgan fingerprint density at radius 2 is 1.75 bits per heavy atom. The molecule has 1 N–H and O–H groups in total. The number of carbonyl (C=O) groups is 2. The summed E-state index contributed by atoms with van der Waals surface area (Å²) < 4.78 is 0.890. The van der Waals surface area contributed by atoms with Gasteiger partial charge in [-0.3, -0.25) is 14.5 Å². The van der Waals surface area contributed by atoms with Crippen LogP contribution in [-0.2, 0) is 9.59 Å². The molecule has 6 heteroatoms. The van der Waals surface area contributed by atoms with Gasteiger partial charge in [-0.15, -0.1) is 0 Å². The number of ketones is 1. The second kappa shape index (κ2) is 8.53. The maximum Gasteiger partial charge on any atom is 0.245 e. The molecule has 1 aromatic carbocycles. The Morgan fingerprint density at radius 3 is 2.32 bits per heavy atom. The highest BCUT2D eigenvalue weighted by molar-refractivity contribution is 14.1. The number of Topliss-reactive ketones (excluding diaryl/α,β-unsaturated/α-hetero) is 1. The van der Waals surface area contributed by atoms with E-state index in [9.17, 15) is 9.59 Å². The second-order valence-electron chi connectivity index (χ2n) is 8.17. The average Bonchev–Trinajstić information content (AvgIpc) is 2.67. The van der Waals surface area contributed by atoms with Crippen molar-refractivity contribution in [2.45, 2.75) is 51.5 Å². The van der Waals surface area contributed by atoms with E-state index in [2.05, 4.69) is 37.7 Å². The number of rotatable bonds is 4. The van der Waals surface area contributed by atoms with Gasteiger partial charge in [0.25, 0.3) is 0 Å². The molecule has 1 aliphatic heterocycles. The molecular formula is C22H30IN3O2.